The van der Waals surface area contributed by atoms with Crippen molar-refractivity contribution in [1.29, 1.82) is 0 Å². The third kappa shape index (κ3) is 3.95. The number of rotatable bonds is 6. The average molecular weight is 428 g/mol. The SMILES string of the molecule is Cc1ccc(S(=O)(=O)NCCC(=O)N2CCCC2c2nnc3ccccn23)cc1C. The van der Waals surface area contributed by atoms with Crippen LogP contribution in [0.5, 0.6) is 0 Å². The standard InChI is InChI=1S/C21H25N5O3S/c1-15-8-9-17(14-16(15)2)30(28,29)22-11-10-20(27)25-13-5-6-18(25)21-24-23-19-7-3-4-12-26(19)21/h3-4,7-9,12,14,18,22H,5-6,10-11,13H2,1-2H3. The number of sulfonamides is 1. The van der Waals surface area contributed by atoms with Crippen LogP contribution in [0.1, 0.15) is 42.3 Å². The highest BCUT2D eigenvalue weighted by atomic mass is 32.2. The van der Waals surface area contributed by atoms with E-state index in [4.69, 9.17) is 0 Å². The number of pyridine rings is 1. The monoisotopic (exact) mass is 427 g/mol. The van der Waals surface area contributed by atoms with Crippen LogP contribution in [0.15, 0.2) is 47.5 Å². The van der Waals surface area contributed by atoms with Crippen LogP contribution >= 0.6 is 0 Å². The molecule has 0 saturated carbocycles. The number of nitrogens with zero attached hydrogens (tertiary/aromatic N) is 4. The number of carbonyl (C=O) groups is 1. The molecular weight excluding hydrogens is 402 g/mol. The summed E-state index contributed by atoms with van der Waals surface area (Å²) in [5.74, 6) is 0.653. The number of aryl methyl sites for hydroxylation is 2. The zero-order valence-electron chi connectivity index (χ0n) is 17.1. The Morgan fingerprint density at radius 3 is 2.80 bits per heavy atom. The smallest absolute Gasteiger partial charge is 0.240 e. The lowest BCUT2D eigenvalue weighted by molar-refractivity contribution is -0.132. The van der Waals surface area contributed by atoms with E-state index in [-0.39, 0.29) is 29.8 Å². The molecule has 2 aromatic heterocycles. The van der Waals surface area contributed by atoms with Gasteiger partial charge >= 0.3 is 0 Å². The minimum absolute atomic E-state index is 0.0535. The molecule has 1 unspecified atom stereocenters. The number of nitrogens with one attached hydrogen (secondary N) is 1. The maximum atomic E-state index is 12.8. The molecule has 8 nitrogen and oxygen atoms in total. The predicted molar refractivity (Wildman–Crippen MR) is 112 cm³/mol. The van der Waals surface area contributed by atoms with Gasteiger partial charge in [-0.25, -0.2) is 13.1 Å². The number of aromatic nitrogens is 3. The number of hydrogen-bond donors (Lipinski definition) is 1. The molecule has 9 heteroatoms. The molecule has 4 rings (SSSR count). The summed E-state index contributed by atoms with van der Waals surface area (Å²) in [6.07, 6.45) is 3.68. The van der Waals surface area contributed by atoms with Crippen molar-refractivity contribution in [3.63, 3.8) is 0 Å². The second kappa shape index (κ2) is 8.16. The third-order valence-electron chi connectivity index (χ3n) is 5.63. The first-order chi connectivity index (χ1) is 14.4. The van der Waals surface area contributed by atoms with Crippen LogP contribution in [0.4, 0.5) is 0 Å². The van der Waals surface area contributed by atoms with Crippen LogP contribution in [0, 0.1) is 13.8 Å². The van der Waals surface area contributed by atoms with Crippen molar-refractivity contribution < 1.29 is 13.2 Å². The van der Waals surface area contributed by atoms with Gasteiger partial charge in [0.15, 0.2) is 11.5 Å². The molecule has 1 amide bonds. The lowest BCUT2D eigenvalue weighted by Gasteiger charge is -2.23. The van der Waals surface area contributed by atoms with E-state index in [1.807, 2.05) is 42.6 Å². The van der Waals surface area contributed by atoms with Gasteiger partial charge in [-0.3, -0.25) is 9.20 Å². The van der Waals surface area contributed by atoms with Crippen molar-refractivity contribution in [2.24, 2.45) is 0 Å². The minimum atomic E-state index is -3.65. The Balaban J connectivity index is 1.41. The predicted octanol–water partition coefficient (Wildman–Crippen LogP) is 2.38. The summed E-state index contributed by atoms with van der Waals surface area (Å²) in [6, 6.07) is 10.5. The molecule has 30 heavy (non-hydrogen) atoms. The molecule has 1 aliphatic rings. The fraction of sp³-hybridized carbons (Fsp3) is 0.381. The Morgan fingerprint density at radius 2 is 2.00 bits per heavy atom. The summed E-state index contributed by atoms with van der Waals surface area (Å²) in [4.78, 5) is 14.8. The van der Waals surface area contributed by atoms with E-state index in [1.54, 1.807) is 23.1 Å². The minimum Gasteiger partial charge on any atom is -0.332 e. The Bertz CT molecular complexity index is 1190. The van der Waals surface area contributed by atoms with E-state index in [0.717, 1.165) is 35.4 Å². The van der Waals surface area contributed by atoms with Gasteiger partial charge in [-0.15, -0.1) is 10.2 Å². The van der Waals surface area contributed by atoms with Crippen LogP contribution in [-0.2, 0) is 14.8 Å². The summed E-state index contributed by atoms with van der Waals surface area (Å²) in [7, 11) is -3.65. The zero-order valence-corrected chi connectivity index (χ0v) is 17.9. The quantitative estimate of drug-likeness (QED) is 0.652. The molecule has 158 valence electrons. The fourth-order valence-electron chi connectivity index (χ4n) is 3.82. The van der Waals surface area contributed by atoms with Gasteiger partial charge in [0.05, 0.1) is 10.9 Å². The van der Waals surface area contributed by atoms with Crippen LogP contribution < -0.4 is 4.72 Å². The number of benzene rings is 1. The van der Waals surface area contributed by atoms with Crippen molar-refractivity contribution in [2.45, 2.75) is 44.0 Å². The van der Waals surface area contributed by atoms with Gasteiger partial charge in [-0.2, -0.15) is 0 Å². The van der Waals surface area contributed by atoms with E-state index in [0.29, 0.717) is 6.54 Å². The molecular formula is C21H25N5O3S. The highest BCUT2D eigenvalue weighted by molar-refractivity contribution is 7.89. The van der Waals surface area contributed by atoms with Gasteiger partial charge in [0.25, 0.3) is 0 Å². The van der Waals surface area contributed by atoms with Gasteiger partial charge in [0.2, 0.25) is 15.9 Å². The molecule has 1 aliphatic heterocycles. The molecule has 0 bridgehead atoms. The molecule has 1 N–H and O–H groups in total. The Kier molecular flexibility index (Phi) is 5.57. The summed E-state index contributed by atoms with van der Waals surface area (Å²) < 4.78 is 29.5. The number of fused-ring (bicyclic) bond motifs is 1. The third-order valence-corrected chi connectivity index (χ3v) is 7.09. The highest BCUT2D eigenvalue weighted by Crippen LogP contribution is 2.31. The molecule has 0 aliphatic carbocycles. The summed E-state index contributed by atoms with van der Waals surface area (Å²) >= 11 is 0. The van der Waals surface area contributed by atoms with E-state index in [2.05, 4.69) is 14.9 Å². The first-order valence-corrected chi connectivity index (χ1v) is 11.5. The second-order valence-corrected chi connectivity index (χ2v) is 9.39. The molecule has 1 aromatic carbocycles. The highest BCUT2D eigenvalue weighted by Gasteiger charge is 2.33. The van der Waals surface area contributed by atoms with Crippen molar-refractivity contribution in [3.05, 3.63) is 59.5 Å². The van der Waals surface area contributed by atoms with Crippen LogP contribution in [0.2, 0.25) is 0 Å². The molecule has 1 fully saturated rings. The van der Waals surface area contributed by atoms with Gasteiger partial charge in [0.1, 0.15) is 0 Å². The van der Waals surface area contributed by atoms with Crippen molar-refractivity contribution >= 4 is 21.6 Å². The van der Waals surface area contributed by atoms with Crippen molar-refractivity contribution in [2.75, 3.05) is 13.1 Å². The van der Waals surface area contributed by atoms with Gasteiger partial charge in [-0.1, -0.05) is 12.1 Å². The lowest BCUT2D eigenvalue weighted by Crippen LogP contribution is -2.35. The maximum Gasteiger partial charge on any atom is 0.240 e. The summed E-state index contributed by atoms with van der Waals surface area (Å²) in [5, 5.41) is 8.47. The molecule has 0 radical (unpaired) electrons. The lowest BCUT2D eigenvalue weighted by atomic mass is 10.1. The number of amides is 1. The average Bonchev–Trinajstić information content (AvgIpc) is 3.36. The Morgan fingerprint density at radius 1 is 1.17 bits per heavy atom. The maximum absolute atomic E-state index is 12.8. The summed E-state index contributed by atoms with van der Waals surface area (Å²) in [6.45, 7) is 4.50. The normalized spacial score (nSPS) is 17.0. The van der Waals surface area contributed by atoms with E-state index < -0.39 is 10.0 Å². The first-order valence-electron chi connectivity index (χ1n) is 10.0. The molecule has 0 spiro atoms. The topological polar surface area (TPSA) is 96.7 Å². The van der Waals surface area contributed by atoms with E-state index in [1.165, 1.54) is 0 Å². The molecule has 1 atom stereocenters. The van der Waals surface area contributed by atoms with E-state index in [9.17, 15) is 13.2 Å². The number of carbonyl (C=O) groups excluding carboxylic acids is 1. The summed E-state index contributed by atoms with van der Waals surface area (Å²) in [5.41, 5.74) is 2.69. The zero-order chi connectivity index (χ0) is 21.3. The molecule has 1 saturated heterocycles. The Labute approximate surface area is 176 Å². The molecule has 3 aromatic rings. The fourth-order valence-corrected chi connectivity index (χ4v) is 4.94. The second-order valence-electron chi connectivity index (χ2n) is 7.63. The van der Waals surface area contributed by atoms with Crippen molar-refractivity contribution in [3.8, 4) is 0 Å². The van der Waals surface area contributed by atoms with E-state index >= 15 is 0 Å². The van der Waals surface area contributed by atoms with Crippen LogP contribution in [0.25, 0.3) is 5.65 Å². The largest absolute Gasteiger partial charge is 0.332 e. The van der Waals surface area contributed by atoms with Gasteiger partial charge in [0, 0.05) is 25.7 Å². The first kappa shape index (κ1) is 20.5. The number of likely N-dealkylation sites (tertiary alicyclic amines) is 1. The van der Waals surface area contributed by atoms with Gasteiger partial charge in [-0.05, 0) is 62.1 Å². The van der Waals surface area contributed by atoms with Gasteiger partial charge < -0.3 is 4.90 Å². The number of hydrogen-bond acceptors (Lipinski definition) is 5. The van der Waals surface area contributed by atoms with Crippen molar-refractivity contribution in [1.82, 2.24) is 24.2 Å². The molecule has 3 heterocycles. The van der Waals surface area contributed by atoms with Crippen LogP contribution in [-0.4, -0.2) is 46.9 Å². The van der Waals surface area contributed by atoms with Crippen LogP contribution in [0.3, 0.4) is 0 Å². The Hall–Kier alpha value is -2.78.